The first-order valence-electron chi connectivity index (χ1n) is 9.31. The second-order valence-corrected chi connectivity index (χ2v) is 7.40. The molecule has 0 unspecified atom stereocenters. The van der Waals surface area contributed by atoms with Crippen LogP contribution in [-0.4, -0.2) is 41.1 Å². The first-order valence-corrected chi connectivity index (χ1v) is 9.69. The second kappa shape index (κ2) is 9.53. The molecule has 2 aromatic rings. The Morgan fingerprint density at radius 1 is 1.30 bits per heavy atom. The number of amides is 1. The third-order valence-corrected chi connectivity index (χ3v) is 4.95. The Hall–Kier alpha value is -2.52. The molecule has 1 aliphatic rings. The van der Waals surface area contributed by atoms with Gasteiger partial charge in [0.1, 0.15) is 5.75 Å². The van der Waals surface area contributed by atoms with E-state index < -0.39 is 12.5 Å². The molecule has 1 heterocycles. The van der Waals surface area contributed by atoms with Gasteiger partial charge in [-0.15, -0.1) is 13.2 Å². The van der Waals surface area contributed by atoms with E-state index in [1.807, 2.05) is 0 Å². The zero-order valence-electron chi connectivity index (χ0n) is 16.0. The molecule has 1 fully saturated rings. The normalized spacial score (nSPS) is 18.5. The summed E-state index contributed by atoms with van der Waals surface area (Å²) in [5.74, 6) is 0.217. The highest BCUT2D eigenvalue weighted by atomic mass is 35.5. The summed E-state index contributed by atoms with van der Waals surface area (Å²) in [6.07, 6.45) is -1.04. The number of aromatic nitrogens is 2. The van der Waals surface area contributed by atoms with E-state index in [9.17, 15) is 18.0 Å². The van der Waals surface area contributed by atoms with Gasteiger partial charge in [-0.3, -0.25) is 9.53 Å². The van der Waals surface area contributed by atoms with Gasteiger partial charge in [0.2, 0.25) is 0 Å². The summed E-state index contributed by atoms with van der Waals surface area (Å²) >= 11 is 5.79. The Kier molecular flexibility index (Phi) is 7.04. The van der Waals surface area contributed by atoms with Crippen molar-refractivity contribution in [1.29, 1.82) is 0 Å². The number of alkyl halides is 3. The number of benzene rings is 1. The van der Waals surface area contributed by atoms with Gasteiger partial charge in [0.15, 0.2) is 6.61 Å². The van der Waals surface area contributed by atoms with Gasteiger partial charge in [-0.2, -0.15) is 0 Å². The number of imidazole rings is 1. The molecule has 1 N–H and O–H groups in total. The Bertz CT molecular complexity index is 877. The summed E-state index contributed by atoms with van der Waals surface area (Å²) < 4.78 is 47.7. The van der Waals surface area contributed by atoms with Crippen LogP contribution >= 0.6 is 11.6 Å². The lowest BCUT2D eigenvalue weighted by Crippen LogP contribution is -2.34. The van der Waals surface area contributed by atoms with E-state index in [1.165, 1.54) is 0 Å². The largest absolute Gasteiger partial charge is 0.522 e. The van der Waals surface area contributed by atoms with E-state index in [4.69, 9.17) is 16.3 Å². The molecule has 0 aliphatic heterocycles. The molecule has 162 valence electrons. The van der Waals surface area contributed by atoms with E-state index in [2.05, 4.69) is 21.6 Å². The number of nitrogens with zero attached hydrogens (tertiary/aromatic N) is 2. The molecule has 10 heteroatoms. The number of carbonyl (C=O) groups is 1. The highest BCUT2D eigenvalue weighted by Gasteiger charge is 2.41. The molecule has 0 spiro atoms. The lowest BCUT2D eigenvalue weighted by atomic mass is 9.80. The van der Waals surface area contributed by atoms with E-state index in [-0.39, 0.29) is 31.3 Å². The van der Waals surface area contributed by atoms with Crippen LogP contribution in [0.15, 0.2) is 43.4 Å². The summed E-state index contributed by atoms with van der Waals surface area (Å²) in [5, 5.41) is 3.32. The standard InChI is InChI=1S/C20H21ClF3N3O3/c1-13(6-7-25-19(28)11-29-16-4-2-15(21)3-5-16)27-10-18(26-12-27)14-8-17(9-14)30-20(22,23)24/h2-5,10,12,14,17H,1,6-9,11H2,(H,25,28)/t14-,17-. The minimum Gasteiger partial charge on any atom is -0.484 e. The fourth-order valence-corrected chi connectivity index (χ4v) is 3.15. The van der Waals surface area contributed by atoms with E-state index in [1.54, 1.807) is 41.4 Å². The number of hydrogen-bond donors (Lipinski definition) is 1. The maximum absolute atomic E-state index is 12.2. The molecular weight excluding hydrogens is 423 g/mol. The number of ether oxygens (including phenoxy) is 2. The van der Waals surface area contributed by atoms with Crippen LogP contribution in [0.4, 0.5) is 13.2 Å². The average molecular weight is 444 g/mol. The number of hydrogen-bond acceptors (Lipinski definition) is 4. The van der Waals surface area contributed by atoms with Crippen LogP contribution in [-0.2, 0) is 9.53 Å². The van der Waals surface area contributed by atoms with Gasteiger partial charge < -0.3 is 14.6 Å². The van der Waals surface area contributed by atoms with E-state index in [0.29, 0.717) is 35.1 Å². The van der Waals surface area contributed by atoms with Gasteiger partial charge in [0.05, 0.1) is 18.1 Å². The van der Waals surface area contributed by atoms with Gasteiger partial charge in [0.25, 0.3) is 5.91 Å². The van der Waals surface area contributed by atoms with Gasteiger partial charge in [-0.1, -0.05) is 18.2 Å². The Morgan fingerprint density at radius 3 is 2.67 bits per heavy atom. The predicted molar refractivity (Wildman–Crippen MR) is 105 cm³/mol. The van der Waals surface area contributed by atoms with Gasteiger partial charge in [0, 0.05) is 35.8 Å². The van der Waals surface area contributed by atoms with Crippen LogP contribution in [0.5, 0.6) is 5.75 Å². The van der Waals surface area contributed by atoms with E-state index in [0.717, 1.165) is 0 Å². The van der Waals surface area contributed by atoms with Gasteiger partial charge in [-0.25, -0.2) is 4.98 Å². The number of rotatable bonds is 9. The topological polar surface area (TPSA) is 65.4 Å². The Labute approximate surface area is 176 Å². The number of halogens is 4. The molecule has 0 bridgehead atoms. The Balaban J connectivity index is 1.35. The maximum Gasteiger partial charge on any atom is 0.522 e. The van der Waals surface area contributed by atoms with Crippen LogP contribution < -0.4 is 10.1 Å². The van der Waals surface area contributed by atoms with Gasteiger partial charge in [-0.05, 0) is 37.1 Å². The van der Waals surface area contributed by atoms with Gasteiger partial charge >= 0.3 is 6.36 Å². The van der Waals surface area contributed by atoms with Crippen molar-refractivity contribution in [3.05, 3.63) is 54.1 Å². The van der Waals surface area contributed by atoms with Crippen molar-refractivity contribution in [1.82, 2.24) is 14.9 Å². The summed E-state index contributed by atoms with van der Waals surface area (Å²) in [6.45, 7) is 4.20. The molecule has 0 radical (unpaired) electrons. The summed E-state index contributed by atoms with van der Waals surface area (Å²) in [7, 11) is 0. The third-order valence-electron chi connectivity index (χ3n) is 4.70. The first kappa shape index (κ1) is 22.2. The van der Waals surface area contributed by atoms with Crippen molar-refractivity contribution in [2.45, 2.75) is 37.6 Å². The van der Waals surface area contributed by atoms with Crippen LogP contribution in [0, 0.1) is 0 Å². The first-order chi connectivity index (χ1) is 14.2. The van der Waals surface area contributed by atoms with E-state index >= 15 is 0 Å². The zero-order chi connectivity index (χ0) is 21.7. The monoisotopic (exact) mass is 443 g/mol. The minimum atomic E-state index is -4.60. The predicted octanol–water partition coefficient (Wildman–Crippen LogP) is 4.37. The number of nitrogens with one attached hydrogen (secondary N) is 1. The lowest BCUT2D eigenvalue weighted by Gasteiger charge is -2.34. The van der Waals surface area contributed by atoms with Crippen molar-refractivity contribution < 1.29 is 27.4 Å². The van der Waals surface area contributed by atoms with Crippen molar-refractivity contribution in [2.24, 2.45) is 0 Å². The molecule has 6 nitrogen and oxygen atoms in total. The molecule has 1 aromatic heterocycles. The zero-order valence-corrected chi connectivity index (χ0v) is 16.7. The molecule has 0 saturated heterocycles. The summed E-state index contributed by atoms with van der Waals surface area (Å²) in [6, 6.07) is 6.69. The van der Waals surface area contributed by atoms with Crippen molar-refractivity contribution in [3.8, 4) is 5.75 Å². The van der Waals surface area contributed by atoms with Crippen LogP contribution in [0.2, 0.25) is 5.02 Å². The van der Waals surface area contributed by atoms with Crippen molar-refractivity contribution >= 4 is 23.2 Å². The fraction of sp³-hybridized carbons (Fsp3) is 0.400. The van der Waals surface area contributed by atoms with Crippen LogP contribution in [0.1, 0.15) is 30.9 Å². The molecule has 1 saturated carbocycles. The highest BCUT2D eigenvalue weighted by Crippen LogP contribution is 2.40. The molecule has 30 heavy (non-hydrogen) atoms. The highest BCUT2D eigenvalue weighted by molar-refractivity contribution is 6.30. The molecule has 0 atom stereocenters. The summed E-state index contributed by atoms with van der Waals surface area (Å²) in [5.41, 5.74) is 1.41. The maximum atomic E-state index is 12.2. The quantitative estimate of drug-likeness (QED) is 0.625. The smallest absolute Gasteiger partial charge is 0.484 e. The lowest BCUT2D eigenvalue weighted by molar-refractivity contribution is -0.351. The molecular formula is C20H21ClF3N3O3. The van der Waals surface area contributed by atoms with Crippen molar-refractivity contribution in [3.63, 3.8) is 0 Å². The number of carbonyl (C=O) groups excluding carboxylic acids is 1. The summed E-state index contributed by atoms with van der Waals surface area (Å²) in [4.78, 5) is 16.1. The second-order valence-electron chi connectivity index (χ2n) is 6.97. The van der Waals surface area contributed by atoms with Crippen LogP contribution in [0.25, 0.3) is 5.70 Å². The fourth-order valence-electron chi connectivity index (χ4n) is 3.02. The Morgan fingerprint density at radius 2 is 2.00 bits per heavy atom. The minimum absolute atomic E-state index is 0.0591. The molecule has 1 aliphatic carbocycles. The third kappa shape index (κ3) is 6.50. The molecule has 1 aromatic carbocycles. The molecule has 3 rings (SSSR count). The molecule has 1 amide bonds. The van der Waals surface area contributed by atoms with Crippen molar-refractivity contribution in [2.75, 3.05) is 13.2 Å². The van der Waals surface area contributed by atoms with Crippen LogP contribution in [0.3, 0.4) is 0 Å². The SMILES string of the molecule is C=C(CCNC(=O)COc1ccc(Cl)cc1)n1cnc([C@H]2C[C@H](OC(F)(F)F)C2)c1. The average Bonchev–Trinajstić information content (AvgIpc) is 3.13.